The summed E-state index contributed by atoms with van der Waals surface area (Å²) >= 11 is 0. The number of esters is 3. The summed E-state index contributed by atoms with van der Waals surface area (Å²) in [7, 11) is 0. The Morgan fingerprint density at radius 2 is 0.549 bits per heavy atom. The molecule has 0 aromatic rings. The summed E-state index contributed by atoms with van der Waals surface area (Å²) in [4.78, 5) is 38.1. The van der Waals surface area contributed by atoms with Crippen molar-refractivity contribution in [2.75, 3.05) is 13.2 Å². The fourth-order valence-electron chi connectivity index (χ4n) is 7.83. The first-order valence-corrected chi connectivity index (χ1v) is 29.4. The fraction of sp³-hybridized carbons (Fsp3) is 0.677. The summed E-state index contributed by atoms with van der Waals surface area (Å²) in [5.41, 5.74) is 0. The Labute approximate surface area is 438 Å². The lowest BCUT2D eigenvalue weighted by Crippen LogP contribution is -2.30. The van der Waals surface area contributed by atoms with Crippen LogP contribution in [0.2, 0.25) is 0 Å². The van der Waals surface area contributed by atoms with Gasteiger partial charge in [0, 0.05) is 19.3 Å². The number of rotatable bonds is 52. The van der Waals surface area contributed by atoms with Crippen LogP contribution in [0, 0.1) is 0 Å². The first-order valence-electron chi connectivity index (χ1n) is 29.4. The maximum absolute atomic E-state index is 12.8. The highest BCUT2D eigenvalue weighted by molar-refractivity contribution is 5.71. The normalized spacial score (nSPS) is 12.9. The maximum Gasteiger partial charge on any atom is 0.306 e. The second-order valence-electron chi connectivity index (χ2n) is 19.2. The molecule has 0 N–H and O–H groups in total. The van der Waals surface area contributed by atoms with Crippen molar-refractivity contribution in [1.82, 2.24) is 0 Å². The molecule has 0 aromatic heterocycles. The molecule has 0 rings (SSSR count). The zero-order valence-electron chi connectivity index (χ0n) is 46.2. The molecule has 71 heavy (non-hydrogen) atoms. The van der Waals surface area contributed by atoms with E-state index in [1.807, 2.05) is 12.2 Å². The number of ether oxygens (including phenoxy) is 3. The van der Waals surface area contributed by atoms with E-state index in [-0.39, 0.29) is 38.0 Å². The predicted octanol–water partition coefficient (Wildman–Crippen LogP) is 19.9. The standard InChI is InChI=1S/C65H108O6/c1-4-7-10-13-16-19-22-25-28-31-32-35-38-41-44-47-50-53-56-59-65(68)71-62(60-69-63(66)57-54-51-48-45-42-39-36-33-29-26-23-20-17-14-11-8-5-2)61-70-64(67)58-55-52-49-46-43-40-37-34-30-27-24-21-18-15-12-9-6-3/h16-17,19-20,25-26,28-29,32,35-36,39,41,44-45,48,50,53,62H,4-15,18,21-24,27,30-31,33-34,37-38,40,42-43,46-47,49,51-52,54-61H2,1-3H3/b19-16-,20-17-,28-25-,29-26-,35-32-,39-36-,44-41-,48-45-,53-50-/t62-/m1/s1. The molecule has 0 bridgehead atoms. The van der Waals surface area contributed by atoms with E-state index in [0.717, 1.165) is 70.6 Å². The highest BCUT2D eigenvalue weighted by Crippen LogP contribution is 2.15. The van der Waals surface area contributed by atoms with E-state index in [4.69, 9.17) is 14.2 Å². The summed E-state index contributed by atoms with van der Waals surface area (Å²) in [6.45, 7) is 6.49. The Bertz CT molecular complexity index is 1460. The van der Waals surface area contributed by atoms with Crippen molar-refractivity contribution in [2.24, 2.45) is 0 Å². The second-order valence-corrected chi connectivity index (χ2v) is 19.2. The maximum atomic E-state index is 12.8. The number of hydrogen-bond acceptors (Lipinski definition) is 6. The highest BCUT2D eigenvalue weighted by Gasteiger charge is 2.19. The van der Waals surface area contributed by atoms with Crippen molar-refractivity contribution in [1.29, 1.82) is 0 Å². The van der Waals surface area contributed by atoms with Gasteiger partial charge in [0.25, 0.3) is 0 Å². The largest absolute Gasteiger partial charge is 0.462 e. The van der Waals surface area contributed by atoms with Crippen molar-refractivity contribution in [3.8, 4) is 0 Å². The van der Waals surface area contributed by atoms with Gasteiger partial charge in [-0.3, -0.25) is 14.4 Å². The van der Waals surface area contributed by atoms with Gasteiger partial charge in [0.15, 0.2) is 6.10 Å². The quantitative estimate of drug-likeness (QED) is 0.0261. The van der Waals surface area contributed by atoms with Gasteiger partial charge in [-0.25, -0.2) is 0 Å². The Kier molecular flexibility index (Phi) is 55.4. The Morgan fingerprint density at radius 1 is 0.282 bits per heavy atom. The molecule has 404 valence electrons. The minimum atomic E-state index is -0.841. The molecule has 0 saturated heterocycles. The lowest BCUT2D eigenvalue weighted by Gasteiger charge is -2.18. The van der Waals surface area contributed by atoms with E-state index in [9.17, 15) is 14.4 Å². The van der Waals surface area contributed by atoms with Crippen molar-refractivity contribution in [2.45, 2.75) is 271 Å². The lowest BCUT2D eigenvalue weighted by atomic mass is 10.0. The summed E-state index contributed by atoms with van der Waals surface area (Å²) in [5.74, 6) is -1.06. The molecule has 0 spiro atoms. The van der Waals surface area contributed by atoms with Crippen molar-refractivity contribution in [3.05, 3.63) is 109 Å². The second kappa shape index (κ2) is 58.6. The van der Waals surface area contributed by atoms with E-state index < -0.39 is 12.1 Å². The minimum absolute atomic E-state index is 0.124. The highest BCUT2D eigenvalue weighted by atomic mass is 16.6. The van der Waals surface area contributed by atoms with Crippen LogP contribution in [-0.4, -0.2) is 37.2 Å². The van der Waals surface area contributed by atoms with Crippen LogP contribution in [-0.2, 0) is 28.6 Å². The van der Waals surface area contributed by atoms with E-state index >= 15 is 0 Å². The Balaban J connectivity index is 4.58. The molecule has 0 aromatic carbocycles. The van der Waals surface area contributed by atoms with Gasteiger partial charge in [-0.05, 0) is 96.3 Å². The Morgan fingerprint density at radius 3 is 0.901 bits per heavy atom. The molecule has 1 atom stereocenters. The lowest BCUT2D eigenvalue weighted by molar-refractivity contribution is -0.166. The van der Waals surface area contributed by atoms with Gasteiger partial charge in [-0.1, -0.05) is 259 Å². The third kappa shape index (κ3) is 56.9. The van der Waals surface area contributed by atoms with Crippen LogP contribution in [0.25, 0.3) is 0 Å². The average Bonchev–Trinajstić information content (AvgIpc) is 3.37. The molecule has 0 amide bonds. The zero-order chi connectivity index (χ0) is 51.4. The fourth-order valence-corrected chi connectivity index (χ4v) is 7.83. The molecule has 0 saturated carbocycles. The number of carbonyl (C=O) groups is 3. The van der Waals surface area contributed by atoms with Gasteiger partial charge in [-0.15, -0.1) is 0 Å². The predicted molar refractivity (Wildman–Crippen MR) is 307 cm³/mol. The molecule has 6 heteroatoms. The molecule has 0 unspecified atom stereocenters. The van der Waals surface area contributed by atoms with Crippen molar-refractivity contribution >= 4 is 17.9 Å². The first-order chi connectivity index (χ1) is 35.0. The van der Waals surface area contributed by atoms with Crippen LogP contribution >= 0.6 is 0 Å². The SMILES string of the molecule is CCCCC/C=C\C/C=C\C/C=C\C/C=C\C/C=C\CCC(=O)O[C@H](COC(=O)CCC/C=C\C/C=C\C/C=C\C/C=C\CCCCC)COC(=O)CCCCCCCCCCCCCCCCCCC. The van der Waals surface area contributed by atoms with Gasteiger partial charge in [0.2, 0.25) is 0 Å². The van der Waals surface area contributed by atoms with Crippen LogP contribution in [0.5, 0.6) is 0 Å². The third-order valence-corrected chi connectivity index (χ3v) is 12.3. The van der Waals surface area contributed by atoms with Gasteiger partial charge >= 0.3 is 17.9 Å². The van der Waals surface area contributed by atoms with E-state index in [2.05, 4.69) is 118 Å². The minimum Gasteiger partial charge on any atom is -0.462 e. The summed E-state index contributed by atoms with van der Waals surface area (Å²) in [6, 6.07) is 0. The molecule has 0 aliphatic carbocycles. The van der Waals surface area contributed by atoms with Crippen molar-refractivity contribution in [3.63, 3.8) is 0 Å². The van der Waals surface area contributed by atoms with E-state index in [1.54, 1.807) is 0 Å². The number of unbranched alkanes of at least 4 members (excludes halogenated alkanes) is 23. The molecule has 0 fully saturated rings. The number of carbonyl (C=O) groups excluding carboxylic acids is 3. The van der Waals surface area contributed by atoms with Gasteiger partial charge in [0.05, 0.1) is 0 Å². The molecular formula is C65H108O6. The van der Waals surface area contributed by atoms with E-state index in [1.165, 1.54) is 141 Å². The van der Waals surface area contributed by atoms with Gasteiger partial charge in [-0.2, -0.15) is 0 Å². The van der Waals surface area contributed by atoms with Crippen LogP contribution in [0.15, 0.2) is 109 Å². The van der Waals surface area contributed by atoms with Crippen LogP contribution < -0.4 is 0 Å². The Hall–Kier alpha value is -3.93. The van der Waals surface area contributed by atoms with Crippen LogP contribution in [0.3, 0.4) is 0 Å². The van der Waals surface area contributed by atoms with Gasteiger partial charge in [0.1, 0.15) is 13.2 Å². The molecule has 0 aliphatic rings. The zero-order valence-corrected chi connectivity index (χ0v) is 46.2. The topological polar surface area (TPSA) is 78.9 Å². The molecule has 6 nitrogen and oxygen atoms in total. The van der Waals surface area contributed by atoms with Crippen molar-refractivity contribution < 1.29 is 28.6 Å². The average molecular weight is 986 g/mol. The first kappa shape index (κ1) is 67.1. The molecule has 0 radical (unpaired) electrons. The number of hydrogen-bond donors (Lipinski definition) is 0. The van der Waals surface area contributed by atoms with Gasteiger partial charge < -0.3 is 14.2 Å². The summed E-state index contributed by atoms with van der Waals surface area (Å²) < 4.78 is 16.8. The summed E-state index contributed by atoms with van der Waals surface area (Å²) in [6.07, 6.45) is 79.5. The van der Waals surface area contributed by atoms with Crippen LogP contribution in [0.4, 0.5) is 0 Å². The molecular weight excluding hydrogens is 877 g/mol. The monoisotopic (exact) mass is 985 g/mol. The molecule has 0 heterocycles. The smallest absolute Gasteiger partial charge is 0.306 e. The number of allylic oxidation sites excluding steroid dienone is 18. The summed E-state index contributed by atoms with van der Waals surface area (Å²) in [5, 5.41) is 0. The third-order valence-electron chi connectivity index (χ3n) is 12.3. The van der Waals surface area contributed by atoms with Crippen LogP contribution in [0.1, 0.15) is 265 Å². The molecule has 0 aliphatic heterocycles. The van der Waals surface area contributed by atoms with E-state index in [0.29, 0.717) is 19.3 Å².